The third-order valence-corrected chi connectivity index (χ3v) is 4.41. The molecular formula is C15H20ClFN2S. The van der Waals surface area contributed by atoms with Crippen LogP contribution in [0.1, 0.15) is 39.0 Å². The molecule has 1 aliphatic rings. The fraction of sp³-hybridized carbons (Fsp3) is 0.533. The molecule has 5 heteroatoms. The van der Waals surface area contributed by atoms with Crippen LogP contribution in [0.15, 0.2) is 18.2 Å². The Hall–Kier alpha value is -0.870. The lowest BCUT2D eigenvalue weighted by molar-refractivity contribution is 0.255. The van der Waals surface area contributed by atoms with E-state index in [1.165, 1.54) is 38.2 Å². The second-order valence-corrected chi connectivity index (χ2v) is 5.93. The SMILES string of the molecule is CCN(C(=S)Nc1ccc(F)c(Cl)c1)C1CCCCC1. The molecule has 1 aliphatic carbocycles. The summed E-state index contributed by atoms with van der Waals surface area (Å²) in [6, 6.07) is 5.09. The molecular weight excluding hydrogens is 295 g/mol. The van der Waals surface area contributed by atoms with Gasteiger partial charge in [-0.2, -0.15) is 0 Å². The van der Waals surface area contributed by atoms with Crippen LogP contribution in [0, 0.1) is 5.82 Å². The molecule has 1 aromatic carbocycles. The molecule has 0 atom stereocenters. The Bertz CT molecular complexity index is 475. The maximum Gasteiger partial charge on any atom is 0.173 e. The van der Waals surface area contributed by atoms with E-state index >= 15 is 0 Å². The molecule has 0 saturated heterocycles. The van der Waals surface area contributed by atoms with Crippen molar-refractivity contribution in [1.29, 1.82) is 0 Å². The normalized spacial score (nSPS) is 15.9. The van der Waals surface area contributed by atoms with Crippen LogP contribution in [-0.4, -0.2) is 22.6 Å². The molecule has 1 aromatic rings. The van der Waals surface area contributed by atoms with E-state index in [4.69, 9.17) is 23.8 Å². The lowest BCUT2D eigenvalue weighted by Gasteiger charge is -2.35. The van der Waals surface area contributed by atoms with Crippen LogP contribution < -0.4 is 5.32 Å². The lowest BCUT2D eigenvalue weighted by atomic mass is 9.94. The number of halogens is 2. The van der Waals surface area contributed by atoms with E-state index in [-0.39, 0.29) is 5.02 Å². The van der Waals surface area contributed by atoms with Gasteiger partial charge in [0, 0.05) is 18.3 Å². The highest BCUT2D eigenvalue weighted by Crippen LogP contribution is 2.24. The number of hydrogen-bond acceptors (Lipinski definition) is 1. The van der Waals surface area contributed by atoms with Gasteiger partial charge in [0.25, 0.3) is 0 Å². The largest absolute Gasteiger partial charge is 0.346 e. The van der Waals surface area contributed by atoms with Crippen LogP contribution in [-0.2, 0) is 0 Å². The Morgan fingerprint density at radius 2 is 2.10 bits per heavy atom. The van der Waals surface area contributed by atoms with Crippen molar-refractivity contribution in [3.05, 3.63) is 29.0 Å². The Kier molecular flexibility index (Phi) is 5.61. The first kappa shape index (κ1) is 15.5. The highest BCUT2D eigenvalue weighted by atomic mass is 35.5. The zero-order valence-corrected chi connectivity index (χ0v) is 13.2. The minimum absolute atomic E-state index is 0.110. The molecule has 0 amide bonds. The summed E-state index contributed by atoms with van der Waals surface area (Å²) in [5.74, 6) is -0.414. The Morgan fingerprint density at radius 3 is 2.70 bits per heavy atom. The minimum atomic E-state index is -0.414. The predicted octanol–water partition coefficient (Wildman–Crippen LogP) is 4.83. The standard InChI is InChI=1S/C15H20ClFN2S/c1-2-19(12-6-4-3-5-7-12)15(20)18-11-8-9-14(17)13(16)10-11/h8-10,12H,2-7H2,1H3,(H,18,20). The summed E-state index contributed by atoms with van der Waals surface area (Å²) in [6.07, 6.45) is 6.25. The minimum Gasteiger partial charge on any atom is -0.346 e. The Balaban J connectivity index is 2.02. The number of benzene rings is 1. The summed E-state index contributed by atoms with van der Waals surface area (Å²) < 4.78 is 13.1. The van der Waals surface area contributed by atoms with Gasteiger partial charge >= 0.3 is 0 Å². The van der Waals surface area contributed by atoms with Gasteiger partial charge in [0.15, 0.2) is 5.11 Å². The molecule has 0 aliphatic heterocycles. The number of rotatable bonds is 3. The number of thiocarbonyl (C=S) groups is 1. The lowest BCUT2D eigenvalue weighted by Crippen LogP contribution is -2.43. The molecule has 1 saturated carbocycles. The summed E-state index contributed by atoms with van der Waals surface area (Å²) in [5.41, 5.74) is 0.732. The maximum atomic E-state index is 13.1. The van der Waals surface area contributed by atoms with Gasteiger partial charge in [-0.1, -0.05) is 30.9 Å². The maximum absolute atomic E-state index is 13.1. The molecule has 0 aromatic heterocycles. The average Bonchev–Trinajstić information content (AvgIpc) is 2.45. The zero-order valence-electron chi connectivity index (χ0n) is 11.7. The summed E-state index contributed by atoms with van der Waals surface area (Å²) in [4.78, 5) is 2.23. The fourth-order valence-electron chi connectivity index (χ4n) is 2.73. The van der Waals surface area contributed by atoms with E-state index in [0.717, 1.165) is 12.2 Å². The molecule has 0 radical (unpaired) electrons. The quantitative estimate of drug-likeness (QED) is 0.804. The van der Waals surface area contributed by atoms with Crippen molar-refractivity contribution in [2.45, 2.75) is 45.1 Å². The molecule has 0 spiro atoms. The summed E-state index contributed by atoms with van der Waals surface area (Å²) >= 11 is 11.3. The van der Waals surface area contributed by atoms with Crippen LogP contribution >= 0.6 is 23.8 Å². The highest BCUT2D eigenvalue weighted by molar-refractivity contribution is 7.80. The van der Waals surface area contributed by atoms with Gasteiger partial charge in [-0.05, 0) is 50.2 Å². The van der Waals surface area contributed by atoms with Crippen molar-refractivity contribution in [3.8, 4) is 0 Å². The van der Waals surface area contributed by atoms with Crippen molar-refractivity contribution in [2.24, 2.45) is 0 Å². The van der Waals surface area contributed by atoms with Crippen molar-refractivity contribution in [2.75, 3.05) is 11.9 Å². The monoisotopic (exact) mass is 314 g/mol. The van der Waals surface area contributed by atoms with Crippen molar-refractivity contribution >= 4 is 34.6 Å². The molecule has 1 N–H and O–H groups in total. The number of nitrogens with one attached hydrogen (secondary N) is 1. The molecule has 0 bridgehead atoms. The Labute approximate surface area is 130 Å². The third-order valence-electron chi connectivity index (χ3n) is 3.79. The van der Waals surface area contributed by atoms with Crippen molar-refractivity contribution < 1.29 is 4.39 Å². The first-order valence-corrected chi connectivity index (χ1v) is 7.93. The molecule has 2 nitrogen and oxygen atoms in total. The van der Waals surface area contributed by atoms with Crippen LogP contribution in [0.4, 0.5) is 10.1 Å². The van der Waals surface area contributed by atoms with Crippen LogP contribution in [0.2, 0.25) is 5.02 Å². The first-order chi connectivity index (χ1) is 9.61. The molecule has 2 rings (SSSR count). The number of hydrogen-bond donors (Lipinski definition) is 1. The first-order valence-electron chi connectivity index (χ1n) is 7.14. The number of nitrogens with zero attached hydrogens (tertiary/aromatic N) is 1. The van der Waals surface area contributed by atoms with E-state index in [9.17, 15) is 4.39 Å². The van der Waals surface area contributed by atoms with Crippen molar-refractivity contribution in [3.63, 3.8) is 0 Å². The van der Waals surface area contributed by atoms with Crippen LogP contribution in [0.5, 0.6) is 0 Å². The smallest absolute Gasteiger partial charge is 0.173 e. The molecule has 110 valence electrons. The van der Waals surface area contributed by atoms with E-state index in [1.54, 1.807) is 12.1 Å². The third kappa shape index (κ3) is 3.83. The average molecular weight is 315 g/mol. The summed E-state index contributed by atoms with van der Waals surface area (Å²) in [6.45, 7) is 2.99. The summed E-state index contributed by atoms with van der Waals surface area (Å²) in [7, 11) is 0. The topological polar surface area (TPSA) is 15.3 Å². The van der Waals surface area contributed by atoms with Crippen molar-refractivity contribution in [1.82, 2.24) is 4.90 Å². The second kappa shape index (κ2) is 7.23. The van der Waals surface area contributed by atoms with Gasteiger partial charge in [0.2, 0.25) is 0 Å². The van der Waals surface area contributed by atoms with E-state index in [1.807, 2.05) is 0 Å². The van der Waals surface area contributed by atoms with Gasteiger partial charge in [-0.25, -0.2) is 4.39 Å². The van der Waals surface area contributed by atoms with Gasteiger partial charge < -0.3 is 10.2 Å². The van der Waals surface area contributed by atoms with Gasteiger partial charge in [0.1, 0.15) is 5.82 Å². The molecule has 0 heterocycles. The highest BCUT2D eigenvalue weighted by Gasteiger charge is 2.22. The molecule has 20 heavy (non-hydrogen) atoms. The number of anilines is 1. The fourth-order valence-corrected chi connectivity index (χ4v) is 3.31. The van der Waals surface area contributed by atoms with Crippen LogP contribution in [0.3, 0.4) is 0 Å². The molecule has 0 unspecified atom stereocenters. The molecule has 1 fully saturated rings. The van der Waals surface area contributed by atoms with Crippen LogP contribution in [0.25, 0.3) is 0 Å². The summed E-state index contributed by atoms with van der Waals surface area (Å²) in [5, 5.41) is 3.97. The van der Waals surface area contributed by atoms with Gasteiger partial charge in [-0.3, -0.25) is 0 Å². The second-order valence-electron chi connectivity index (χ2n) is 5.14. The predicted molar refractivity (Wildman–Crippen MR) is 86.9 cm³/mol. The van der Waals surface area contributed by atoms with E-state index < -0.39 is 5.82 Å². The van der Waals surface area contributed by atoms with E-state index in [2.05, 4.69) is 17.1 Å². The van der Waals surface area contributed by atoms with Gasteiger partial charge in [0.05, 0.1) is 5.02 Å². The van der Waals surface area contributed by atoms with Gasteiger partial charge in [-0.15, -0.1) is 0 Å². The Morgan fingerprint density at radius 1 is 1.40 bits per heavy atom. The van der Waals surface area contributed by atoms with E-state index in [0.29, 0.717) is 11.2 Å². The zero-order chi connectivity index (χ0) is 14.5.